The van der Waals surface area contributed by atoms with E-state index in [4.69, 9.17) is 0 Å². The zero-order valence-corrected chi connectivity index (χ0v) is 12.0. The van der Waals surface area contributed by atoms with Gasteiger partial charge < -0.3 is 10.0 Å². The van der Waals surface area contributed by atoms with Gasteiger partial charge in [-0.1, -0.05) is 6.92 Å². The van der Waals surface area contributed by atoms with E-state index in [0.717, 1.165) is 41.8 Å². The molecule has 16 heavy (non-hydrogen) atoms. The predicted octanol–water partition coefficient (Wildman–Crippen LogP) is 3.20. The largest absolute Gasteiger partial charge is 0.384 e. The SMILES string of the molecule is CCCN1CCC(O)(c2sccc2Br)CC1. The first-order chi connectivity index (χ1) is 7.65. The average molecular weight is 304 g/mol. The molecule has 1 fully saturated rings. The summed E-state index contributed by atoms with van der Waals surface area (Å²) >= 11 is 5.17. The number of rotatable bonds is 3. The van der Waals surface area contributed by atoms with E-state index >= 15 is 0 Å². The number of halogens is 1. The maximum atomic E-state index is 10.7. The molecule has 0 aromatic carbocycles. The lowest BCUT2D eigenvalue weighted by Gasteiger charge is -2.37. The van der Waals surface area contributed by atoms with Crippen molar-refractivity contribution in [2.75, 3.05) is 19.6 Å². The van der Waals surface area contributed by atoms with E-state index in [2.05, 4.69) is 27.8 Å². The third kappa shape index (κ3) is 2.50. The molecule has 1 aliphatic rings. The Hall–Kier alpha value is 0.100. The van der Waals surface area contributed by atoms with Crippen LogP contribution in [0, 0.1) is 0 Å². The fourth-order valence-electron chi connectivity index (χ4n) is 2.32. The second kappa shape index (κ2) is 5.17. The summed E-state index contributed by atoms with van der Waals surface area (Å²) in [6, 6.07) is 2.02. The summed E-state index contributed by atoms with van der Waals surface area (Å²) in [5.41, 5.74) is -0.600. The third-order valence-electron chi connectivity index (χ3n) is 3.26. The molecule has 0 aliphatic carbocycles. The molecule has 2 heterocycles. The van der Waals surface area contributed by atoms with Gasteiger partial charge in [-0.05, 0) is 53.2 Å². The van der Waals surface area contributed by atoms with Crippen molar-refractivity contribution in [1.29, 1.82) is 0 Å². The van der Waals surface area contributed by atoms with Crippen molar-refractivity contribution in [1.82, 2.24) is 4.90 Å². The van der Waals surface area contributed by atoms with E-state index < -0.39 is 5.60 Å². The maximum absolute atomic E-state index is 10.7. The molecular formula is C12H18BrNOS. The third-order valence-corrected chi connectivity index (χ3v) is 5.29. The van der Waals surface area contributed by atoms with Gasteiger partial charge in [0, 0.05) is 17.6 Å². The minimum atomic E-state index is -0.600. The van der Waals surface area contributed by atoms with Crippen molar-refractivity contribution in [3.05, 3.63) is 20.8 Å². The van der Waals surface area contributed by atoms with Crippen LogP contribution < -0.4 is 0 Å². The first-order valence-electron chi connectivity index (χ1n) is 5.84. The summed E-state index contributed by atoms with van der Waals surface area (Å²) < 4.78 is 1.06. The lowest BCUT2D eigenvalue weighted by atomic mass is 9.90. The molecule has 2 rings (SSSR count). The van der Waals surface area contributed by atoms with Gasteiger partial charge >= 0.3 is 0 Å². The second-order valence-corrected chi connectivity index (χ2v) is 6.24. The lowest BCUT2D eigenvalue weighted by Crippen LogP contribution is -2.42. The average Bonchev–Trinajstić information content (AvgIpc) is 2.69. The predicted molar refractivity (Wildman–Crippen MR) is 71.9 cm³/mol. The standard InChI is InChI=1S/C12H18BrNOS/c1-2-6-14-7-4-12(15,5-8-14)11-10(13)3-9-16-11/h3,9,15H,2,4-8H2,1H3. The Morgan fingerprint density at radius 1 is 1.50 bits per heavy atom. The van der Waals surface area contributed by atoms with Gasteiger partial charge in [0.2, 0.25) is 0 Å². The first kappa shape index (κ1) is 12.6. The van der Waals surface area contributed by atoms with Gasteiger partial charge in [0.05, 0.1) is 4.88 Å². The molecule has 1 aromatic heterocycles. The van der Waals surface area contributed by atoms with Crippen molar-refractivity contribution in [2.24, 2.45) is 0 Å². The Balaban J connectivity index is 2.04. The van der Waals surface area contributed by atoms with E-state index in [9.17, 15) is 5.11 Å². The van der Waals surface area contributed by atoms with Crippen molar-refractivity contribution in [3.8, 4) is 0 Å². The fourth-order valence-corrected chi connectivity index (χ4v) is 4.22. The summed E-state index contributed by atoms with van der Waals surface area (Å²) in [7, 11) is 0. The highest BCUT2D eigenvalue weighted by Gasteiger charge is 2.36. The summed E-state index contributed by atoms with van der Waals surface area (Å²) in [5.74, 6) is 0. The molecule has 2 nitrogen and oxygen atoms in total. The Morgan fingerprint density at radius 3 is 2.69 bits per heavy atom. The van der Waals surface area contributed by atoms with Crippen LogP contribution >= 0.6 is 27.3 Å². The molecule has 0 radical (unpaired) electrons. The number of nitrogens with zero attached hydrogens (tertiary/aromatic N) is 1. The van der Waals surface area contributed by atoms with Gasteiger partial charge in [-0.3, -0.25) is 0 Å². The van der Waals surface area contributed by atoms with E-state index in [-0.39, 0.29) is 0 Å². The number of hydrogen-bond donors (Lipinski definition) is 1. The molecule has 0 bridgehead atoms. The van der Waals surface area contributed by atoms with Crippen molar-refractivity contribution in [2.45, 2.75) is 31.8 Å². The van der Waals surface area contributed by atoms with Crippen LogP contribution in [0.4, 0.5) is 0 Å². The number of thiophene rings is 1. The Labute approximate surface area is 109 Å². The molecule has 1 aliphatic heterocycles. The highest BCUT2D eigenvalue weighted by molar-refractivity contribution is 9.10. The molecule has 0 atom stereocenters. The lowest BCUT2D eigenvalue weighted by molar-refractivity contribution is -0.0233. The Morgan fingerprint density at radius 2 is 2.19 bits per heavy atom. The van der Waals surface area contributed by atoms with E-state index in [1.165, 1.54) is 6.42 Å². The summed E-state index contributed by atoms with van der Waals surface area (Å²) in [6.45, 7) is 5.38. The van der Waals surface area contributed by atoms with Gasteiger partial charge in [-0.2, -0.15) is 0 Å². The normalized spacial score (nSPS) is 21.2. The van der Waals surface area contributed by atoms with Gasteiger partial charge in [-0.15, -0.1) is 11.3 Å². The van der Waals surface area contributed by atoms with Crippen LogP contribution in [0.1, 0.15) is 31.1 Å². The van der Waals surface area contributed by atoms with Crippen LogP contribution in [0.2, 0.25) is 0 Å². The highest BCUT2D eigenvalue weighted by Crippen LogP contribution is 2.40. The zero-order chi connectivity index (χ0) is 11.6. The highest BCUT2D eigenvalue weighted by atomic mass is 79.9. The quantitative estimate of drug-likeness (QED) is 0.927. The zero-order valence-electron chi connectivity index (χ0n) is 9.58. The van der Waals surface area contributed by atoms with Gasteiger partial charge in [0.15, 0.2) is 0 Å². The molecular weight excluding hydrogens is 286 g/mol. The van der Waals surface area contributed by atoms with Gasteiger partial charge in [-0.25, -0.2) is 0 Å². The van der Waals surface area contributed by atoms with E-state index in [1.807, 2.05) is 11.4 Å². The monoisotopic (exact) mass is 303 g/mol. The van der Waals surface area contributed by atoms with E-state index in [0.29, 0.717) is 0 Å². The van der Waals surface area contributed by atoms with Gasteiger partial charge in [0.1, 0.15) is 5.60 Å². The minimum Gasteiger partial charge on any atom is -0.384 e. The molecule has 1 aromatic rings. The van der Waals surface area contributed by atoms with Crippen LogP contribution in [0.15, 0.2) is 15.9 Å². The van der Waals surface area contributed by atoms with Crippen molar-refractivity contribution < 1.29 is 5.11 Å². The molecule has 0 spiro atoms. The van der Waals surface area contributed by atoms with Crippen molar-refractivity contribution >= 4 is 27.3 Å². The van der Waals surface area contributed by atoms with E-state index in [1.54, 1.807) is 11.3 Å². The number of hydrogen-bond acceptors (Lipinski definition) is 3. The molecule has 0 saturated carbocycles. The molecule has 0 amide bonds. The summed E-state index contributed by atoms with van der Waals surface area (Å²) in [5, 5.41) is 12.7. The second-order valence-electron chi connectivity index (χ2n) is 4.47. The van der Waals surface area contributed by atoms with Crippen LogP contribution in [-0.2, 0) is 5.60 Å². The summed E-state index contributed by atoms with van der Waals surface area (Å²) in [4.78, 5) is 3.54. The Kier molecular flexibility index (Phi) is 4.06. The molecule has 0 unspecified atom stereocenters. The van der Waals surface area contributed by atoms with Crippen LogP contribution in [-0.4, -0.2) is 29.6 Å². The molecule has 4 heteroatoms. The molecule has 90 valence electrons. The van der Waals surface area contributed by atoms with Gasteiger partial charge in [0.25, 0.3) is 0 Å². The number of aliphatic hydroxyl groups is 1. The van der Waals surface area contributed by atoms with Crippen LogP contribution in [0.5, 0.6) is 0 Å². The fraction of sp³-hybridized carbons (Fsp3) is 0.667. The van der Waals surface area contributed by atoms with Crippen LogP contribution in [0.25, 0.3) is 0 Å². The molecule has 1 saturated heterocycles. The topological polar surface area (TPSA) is 23.5 Å². The molecule has 1 N–H and O–H groups in total. The van der Waals surface area contributed by atoms with Crippen molar-refractivity contribution in [3.63, 3.8) is 0 Å². The first-order valence-corrected chi connectivity index (χ1v) is 7.51. The Bertz CT molecular complexity index is 345. The summed E-state index contributed by atoms with van der Waals surface area (Å²) in [6.07, 6.45) is 2.90. The number of likely N-dealkylation sites (tertiary alicyclic amines) is 1. The smallest absolute Gasteiger partial charge is 0.102 e. The minimum absolute atomic E-state index is 0.600. The maximum Gasteiger partial charge on any atom is 0.102 e. The number of piperidine rings is 1. The van der Waals surface area contributed by atoms with Crippen LogP contribution in [0.3, 0.4) is 0 Å².